The average Bonchev–Trinajstić information content (AvgIpc) is 2.39. The highest BCUT2D eigenvalue weighted by atomic mass is 32.2. The van der Waals surface area contributed by atoms with Gasteiger partial charge in [0.25, 0.3) is 0 Å². The molecule has 0 radical (unpaired) electrons. The Labute approximate surface area is 110 Å². The van der Waals surface area contributed by atoms with E-state index in [0.717, 1.165) is 5.56 Å². The van der Waals surface area contributed by atoms with Gasteiger partial charge in [-0.15, -0.1) is 11.8 Å². The highest BCUT2D eigenvalue weighted by molar-refractivity contribution is 8.00. The largest absolute Gasteiger partial charge is 0.394 e. The first-order chi connectivity index (χ1) is 8.59. The molecule has 1 aromatic carbocycles. The summed E-state index contributed by atoms with van der Waals surface area (Å²) in [6.07, 6.45) is 0. The first-order valence-corrected chi connectivity index (χ1v) is 6.85. The highest BCUT2D eigenvalue weighted by Crippen LogP contribution is 2.31. The van der Waals surface area contributed by atoms with Gasteiger partial charge in [-0.2, -0.15) is 0 Å². The summed E-state index contributed by atoms with van der Waals surface area (Å²) >= 11 is 1.31. The van der Waals surface area contributed by atoms with Crippen LogP contribution >= 0.6 is 11.8 Å². The van der Waals surface area contributed by atoms with E-state index in [0.29, 0.717) is 0 Å². The molecule has 0 spiro atoms. The molecule has 2 amide bonds. The van der Waals surface area contributed by atoms with Crippen LogP contribution in [0.2, 0.25) is 0 Å². The van der Waals surface area contributed by atoms with Crippen molar-refractivity contribution in [1.82, 2.24) is 4.90 Å². The molecule has 0 bridgehead atoms. The normalized spacial score (nSPS) is 19.8. The second-order valence-corrected chi connectivity index (χ2v) is 5.40. The van der Waals surface area contributed by atoms with Crippen LogP contribution in [0.25, 0.3) is 0 Å². The summed E-state index contributed by atoms with van der Waals surface area (Å²) < 4.78 is 0. The van der Waals surface area contributed by atoms with E-state index in [9.17, 15) is 14.7 Å². The monoisotopic (exact) mass is 265 g/mol. The Morgan fingerprint density at radius 2 is 1.78 bits per heavy atom. The number of amides is 2. The van der Waals surface area contributed by atoms with Crippen molar-refractivity contribution in [1.29, 1.82) is 0 Å². The molecule has 4 nitrogen and oxygen atoms in total. The lowest BCUT2D eigenvalue weighted by molar-refractivity contribution is -0.151. The Morgan fingerprint density at radius 3 is 2.28 bits per heavy atom. The van der Waals surface area contributed by atoms with Crippen LogP contribution in [-0.2, 0) is 15.1 Å². The fourth-order valence-corrected chi connectivity index (χ4v) is 2.84. The third kappa shape index (κ3) is 2.15. The number of aliphatic hydroxyl groups is 1. The molecule has 5 heteroatoms. The molecule has 1 atom stereocenters. The first kappa shape index (κ1) is 13.1. The van der Waals surface area contributed by atoms with E-state index in [2.05, 4.69) is 0 Å². The quantitative estimate of drug-likeness (QED) is 0.828. The zero-order valence-corrected chi connectivity index (χ0v) is 10.9. The molecule has 0 aliphatic carbocycles. The maximum Gasteiger partial charge on any atom is 0.240 e. The van der Waals surface area contributed by atoms with E-state index in [-0.39, 0.29) is 29.9 Å². The van der Waals surface area contributed by atoms with Crippen molar-refractivity contribution in [3.8, 4) is 0 Å². The molecule has 1 heterocycles. The summed E-state index contributed by atoms with van der Waals surface area (Å²) in [5.74, 6) is 0.0933. The number of nitrogens with zero attached hydrogens (tertiary/aromatic N) is 1. The van der Waals surface area contributed by atoms with Crippen molar-refractivity contribution in [2.45, 2.75) is 12.5 Å². The Bertz CT molecular complexity index is 447. The number of hydrogen-bond acceptors (Lipinski definition) is 4. The average molecular weight is 265 g/mol. The molecule has 18 heavy (non-hydrogen) atoms. The molecule has 1 N–H and O–H groups in total. The minimum absolute atomic E-state index is 0.239. The van der Waals surface area contributed by atoms with Crippen LogP contribution in [0.4, 0.5) is 0 Å². The van der Waals surface area contributed by atoms with Crippen LogP contribution in [0.3, 0.4) is 0 Å². The molecule has 1 saturated heterocycles. The summed E-state index contributed by atoms with van der Waals surface area (Å²) in [5, 5.41) is 9.67. The fourth-order valence-electron chi connectivity index (χ4n) is 2.13. The van der Waals surface area contributed by atoms with Gasteiger partial charge in [0.2, 0.25) is 11.8 Å². The summed E-state index contributed by atoms with van der Waals surface area (Å²) in [5.41, 5.74) is -0.211. The third-order valence-corrected chi connectivity index (χ3v) is 4.05. The topological polar surface area (TPSA) is 57.6 Å². The van der Waals surface area contributed by atoms with Crippen molar-refractivity contribution in [2.75, 3.05) is 18.1 Å². The lowest BCUT2D eigenvalue weighted by Gasteiger charge is -2.40. The Kier molecular flexibility index (Phi) is 3.73. The highest BCUT2D eigenvalue weighted by Gasteiger charge is 2.42. The molecular weight excluding hydrogens is 250 g/mol. The van der Waals surface area contributed by atoms with Gasteiger partial charge in [-0.25, -0.2) is 0 Å². The first-order valence-electron chi connectivity index (χ1n) is 5.69. The molecular formula is C13H15NO3S. The van der Waals surface area contributed by atoms with Gasteiger partial charge in [-0.1, -0.05) is 30.3 Å². The number of thioether (sulfide) groups is 1. The smallest absolute Gasteiger partial charge is 0.240 e. The number of rotatable bonds is 3. The number of imide groups is 1. The Hall–Kier alpha value is -1.33. The van der Waals surface area contributed by atoms with Gasteiger partial charge in [0.1, 0.15) is 0 Å². The molecule has 1 aliphatic rings. The standard InChI is InChI=1S/C13H15NO3S/c1-13(9-15,10-5-3-2-4-6-10)14-11(16)7-18-8-12(14)17/h2-6,15H,7-9H2,1H3. The maximum atomic E-state index is 12.0. The number of benzene rings is 1. The van der Waals surface area contributed by atoms with E-state index in [1.54, 1.807) is 6.92 Å². The predicted molar refractivity (Wildman–Crippen MR) is 70.1 cm³/mol. The Balaban J connectivity index is 2.43. The van der Waals surface area contributed by atoms with E-state index < -0.39 is 5.54 Å². The molecule has 1 fully saturated rings. The van der Waals surface area contributed by atoms with Crippen molar-refractivity contribution >= 4 is 23.6 Å². The third-order valence-electron chi connectivity index (χ3n) is 3.15. The summed E-state index contributed by atoms with van der Waals surface area (Å²) in [4.78, 5) is 25.1. The van der Waals surface area contributed by atoms with Gasteiger partial charge in [-0.3, -0.25) is 14.5 Å². The van der Waals surface area contributed by atoms with E-state index in [1.165, 1.54) is 16.7 Å². The summed E-state index contributed by atoms with van der Waals surface area (Å²) in [7, 11) is 0. The zero-order chi connectivity index (χ0) is 13.2. The van der Waals surface area contributed by atoms with Crippen molar-refractivity contribution in [3.05, 3.63) is 35.9 Å². The fraction of sp³-hybridized carbons (Fsp3) is 0.385. The lowest BCUT2D eigenvalue weighted by atomic mass is 9.90. The molecule has 1 aliphatic heterocycles. The zero-order valence-electron chi connectivity index (χ0n) is 10.1. The second-order valence-electron chi connectivity index (χ2n) is 4.41. The lowest BCUT2D eigenvalue weighted by Crippen LogP contribution is -2.56. The van der Waals surface area contributed by atoms with Gasteiger partial charge in [0.15, 0.2) is 0 Å². The van der Waals surface area contributed by atoms with Crippen molar-refractivity contribution in [2.24, 2.45) is 0 Å². The summed E-state index contributed by atoms with van der Waals surface area (Å²) in [6, 6.07) is 9.15. The number of carbonyl (C=O) groups excluding carboxylic acids is 2. The number of hydrogen-bond donors (Lipinski definition) is 1. The minimum Gasteiger partial charge on any atom is -0.394 e. The second kappa shape index (κ2) is 5.12. The van der Waals surface area contributed by atoms with Crippen LogP contribution in [0.5, 0.6) is 0 Å². The molecule has 1 aromatic rings. The predicted octanol–water partition coefficient (Wildman–Crippen LogP) is 0.996. The van der Waals surface area contributed by atoms with Crippen LogP contribution in [0.15, 0.2) is 30.3 Å². The SMILES string of the molecule is CC(CO)(c1ccccc1)N1C(=O)CSCC1=O. The van der Waals surface area contributed by atoms with E-state index in [4.69, 9.17) is 0 Å². The van der Waals surface area contributed by atoms with Gasteiger partial charge in [-0.05, 0) is 12.5 Å². The van der Waals surface area contributed by atoms with E-state index in [1.807, 2.05) is 30.3 Å². The molecule has 2 rings (SSSR count). The number of aliphatic hydroxyl groups excluding tert-OH is 1. The van der Waals surface area contributed by atoms with Crippen molar-refractivity contribution in [3.63, 3.8) is 0 Å². The molecule has 96 valence electrons. The maximum absolute atomic E-state index is 12.0. The van der Waals surface area contributed by atoms with Gasteiger partial charge in [0.05, 0.1) is 23.7 Å². The Morgan fingerprint density at radius 1 is 1.22 bits per heavy atom. The molecule has 0 saturated carbocycles. The van der Waals surface area contributed by atoms with Crippen molar-refractivity contribution < 1.29 is 14.7 Å². The molecule has 0 aromatic heterocycles. The molecule has 1 unspecified atom stereocenters. The van der Waals surface area contributed by atoms with Crippen LogP contribution < -0.4 is 0 Å². The summed E-state index contributed by atoms with van der Waals surface area (Å²) in [6.45, 7) is 1.44. The van der Waals surface area contributed by atoms with E-state index >= 15 is 0 Å². The number of carbonyl (C=O) groups is 2. The minimum atomic E-state index is -0.976. The van der Waals surface area contributed by atoms with Crippen LogP contribution in [0.1, 0.15) is 12.5 Å². The van der Waals surface area contributed by atoms with Crippen LogP contribution in [-0.4, -0.2) is 39.9 Å². The van der Waals surface area contributed by atoms with Gasteiger partial charge < -0.3 is 5.11 Å². The van der Waals surface area contributed by atoms with Gasteiger partial charge >= 0.3 is 0 Å². The van der Waals surface area contributed by atoms with Crippen LogP contribution in [0, 0.1) is 0 Å². The van der Waals surface area contributed by atoms with Gasteiger partial charge in [0, 0.05) is 0 Å².